The number of rotatable bonds is 5. The van der Waals surface area contributed by atoms with Gasteiger partial charge in [0, 0.05) is 0 Å². The molecule has 1 aromatic carbocycles. The standard InChI is InChI=1S/C22H32O5/c1-21(2)14-7-8-22(21,3)20-13(14)11-15(27-20)18(23)12-9-16(24-4)19(26-6)17(10-12)25-5/h9-10,13-15,18,20,23H,7-8,11H2,1-6H3/t13-,14-,15-,18+,20-,22+/m1/s1. The Bertz CT molecular complexity index is 704. The minimum Gasteiger partial charge on any atom is -0.493 e. The summed E-state index contributed by atoms with van der Waals surface area (Å²) in [5.41, 5.74) is 1.25. The number of benzene rings is 1. The summed E-state index contributed by atoms with van der Waals surface area (Å²) in [5.74, 6) is 2.87. The molecule has 0 unspecified atom stereocenters. The minimum absolute atomic E-state index is 0.196. The summed E-state index contributed by atoms with van der Waals surface area (Å²) < 4.78 is 22.8. The van der Waals surface area contributed by atoms with Crippen molar-refractivity contribution >= 4 is 0 Å². The van der Waals surface area contributed by atoms with Crippen LogP contribution in [0, 0.1) is 22.7 Å². The number of ether oxygens (including phenoxy) is 4. The van der Waals surface area contributed by atoms with Crippen LogP contribution >= 0.6 is 0 Å². The Morgan fingerprint density at radius 1 is 1.07 bits per heavy atom. The lowest BCUT2D eigenvalue weighted by Crippen LogP contribution is -2.38. The Morgan fingerprint density at radius 3 is 2.22 bits per heavy atom. The molecular weight excluding hydrogens is 344 g/mol. The third-order valence-corrected chi connectivity index (χ3v) is 8.11. The largest absolute Gasteiger partial charge is 0.493 e. The lowest BCUT2D eigenvalue weighted by Gasteiger charge is -2.39. The van der Waals surface area contributed by atoms with Crippen LogP contribution in [-0.2, 0) is 4.74 Å². The quantitative estimate of drug-likeness (QED) is 0.842. The third kappa shape index (κ3) is 2.44. The van der Waals surface area contributed by atoms with Crippen LogP contribution in [0.4, 0.5) is 0 Å². The van der Waals surface area contributed by atoms with Crippen molar-refractivity contribution in [2.24, 2.45) is 22.7 Å². The highest BCUT2D eigenvalue weighted by atomic mass is 16.5. The molecule has 0 spiro atoms. The molecule has 4 rings (SSSR count). The molecule has 1 aromatic rings. The van der Waals surface area contributed by atoms with Gasteiger partial charge in [0.05, 0.1) is 33.5 Å². The molecule has 5 nitrogen and oxygen atoms in total. The van der Waals surface area contributed by atoms with E-state index in [4.69, 9.17) is 18.9 Å². The van der Waals surface area contributed by atoms with Crippen LogP contribution in [0.15, 0.2) is 12.1 Å². The van der Waals surface area contributed by atoms with Gasteiger partial charge in [-0.15, -0.1) is 0 Å². The van der Waals surface area contributed by atoms with E-state index in [2.05, 4.69) is 20.8 Å². The smallest absolute Gasteiger partial charge is 0.203 e. The molecule has 1 N–H and O–H groups in total. The van der Waals surface area contributed by atoms with Crippen LogP contribution < -0.4 is 14.2 Å². The van der Waals surface area contributed by atoms with E-state index in [9.17, 15) is 5.11 Å². The number of aliphatic hydroxyl groups excluding tert-OH is 1. The van der Waals surface area contributed by atoms with E-state index in [0.717, 1.165) is 12.0 Å². The van der Waals surface area contributed by atoms with E-state index in [1.807, 2.05) is 12.1 Å². The van der Waals surface area contributed by atoms with E-state index in [-0.39, 0.29) is 17.6 Å². The molecule has 3 aliphatic rings. The molecule has 5 heteroatoms. The van der Waals surface area contributed by atoms with Gasteiger partial charge in [-0.05, 0) is 59.6 Å². The van der Waals surface area contributed by atoms with Gasteiger partial charge in [0.25, 0.3) is 0 Å². The zero-order valence-electron chi connectivity index (χ0n) is 17.2. The Morgan fingerprint density at radius 2 is 1.70 bits per heavy atom. The fourth-order valence-corrected chi connectivity index (χ4v) is 6.24. The average Bonchev–Trinajstić information content (AvgIpc) is 3.24. The number of aliphatic hydroxyl groups is 1. The van der Waals surface area contributed by atoms with Crippen molar-refractivity contribution in [3.05, 3.63) is 17.7 Å². The maximum absolute atomic E-state index is 11.1. The zero-order chi connectivity index (χ0) is 19.6. The highest BCUT2D eigenvalue weighted by Crippen LogP contribution is 2.71. The fourth-order valence-electron chi connectivity index (χ4n) is 6.24. The van der Waals surface area contributed by atoms with Crippen LogP contribution in [0.25, 0.3) is 0 Å². The van der Waals surface area contributed by atoms with Crippen molar-refractivity contribution in [2.45, 2.75) is 58.3 Å². The molecule has 1 saturated heterocycles. The molecule has 2 saturated carbocycles. The second kappa shape index (κ2) is 6.28. The number of fused-ring (bicyclic) bond motifs is 5. The van der Waals surface area contributed by atoms with E-state index >= 15 is 0 Å². The first-order valence-electron chi connectivity index (χ1n) is 9.92. The molecule has 150 valence electrons. The van der Waals surface area contributed by atoms with Gasteiger partial charge in [-0.25, -0.2) is 0 Å². The van der Waals surface area contributed by atoms with Crippen LogP contribution in [0.5, 0.6) is 17.2 Å². The summed E-state index contributed by atoms with van der Waals surface area (Å²) in [6.45, 7) is 7.18. The monoisotopic (exact) mass is 376 g/mol. The molecule has 2 bridgehead atoms. The maximum atomic E-state index is 11.1. The van der Waals surface area contributed by atoms with Crippen molar-refractivity contribution in [2.75, 3.05) is 21.3 Å². The van der Waals surface area contributed by atoms with Gasteiger partial charge < -0.3 is 24.1 Å². The predicted octanol–water partition coefficient (Wildman–Crippen LogP) is 3.98. The van der Waals surface area contributed by atoms with Crippen molar-refractivity contribution in [1.82, 2.24) is 0 Å². The molecule has 0 amide bonds. The van der Waals surface area contributed by atoms with Crippen molar-refractivity contribution in [1.29, 1.82) is 0 Å². The van der Waals surface area contributed by atoms with E-state index in [1.54, 1.807) is 21.3 Å². The summed E-state index contributed by atoms with van der Waals surface area (Å²) in [7, 11) is 4.75. The molecular formula is C22H32O5. The van der Waals surface area contributed by atoms with Crippen LogP contribution in [0.1, 0.15) is 51.7 Å². The Kier molecular flexibility index (Phi) is 4.39. The van der Waals surface area contributed by atoms with Crippen LogP contribution in [-0.4, -0.2) is 38.6 Å². The lowest BCUT2D eigenvalue weighted by atomic mass is 9.70. The molecule has 6 atom stereocenters. The van der Waals surface area contributed by atoms with Gasteiger partial charge in [-0.3, -0.25) is 0 Å². The normalized spacial score (nSPS) is 37.1. The first kappa shape index (κ1) is 18.9. The third-order valence-electron chi connectivity index (χ3n) is 8.11. The van der Waals surface area contributed by atoms with Crippen LogP contribution in [0.2, 0.25) is 0 Å². The summed E-state index contributed by atoms with van der Waals surface area (Å²) >= 11 is 0. The van der Waals surface area contributed by atoms with E-state index in [0.29, 0.717) is 34.5 Å². The highest BCUT2D eigenvalue weighted by molar-refractivity contribution is 5.54. The average molecular weight is 376 g/mol. The first-order valence-corrected chi connectivity index (χ1v) is 9.92. The van der Waals surface area contributed by atoms with Crippen molar-refractivity contribution in [3.8, 4) is 17.2 Å². The minimum atomic E-state index is -0.713. The van der Waals surface area contributed by atoms with E-state index < -0.39 is 6.10 Å². The van der Waals surface area contributed by atoms with Gasteiger partial charge in [0.15, 0.2) is 11.5 Å². The lowest BCUT2D eigenvalue weighted by molar-refractivity contribution is -0.0919. The maximum Gasteiger partial charge on any atom is 0.203 e. The summed E-state index contributed by atoms with van der Waals surface area (Å²) in [5, 5.41) is 11.1. The zero-order valence-corrected chi connectivity index (χ0v) is 17.2. The predicted molar refractivity (Wildman–Crippen MR) is 102 cm³/mol. The molecule has 27 heavy (non-hydrogen) atoms. The van der Waals surface area contributed by atoms with Crippen molar-refractivity contribution < 1.29 is 24.1 Å². The fraction of sp³-hybridized carbons (Fsp3) is 0.727. The number of methoxy groups -OCH3 is 3. The summed E-state index contributed by atoms with van der Waals surface area (Å²) in [4.78, 5) is 0. The first-order chi connectivity index (χ1) is 12.8. The molecule has 0 aromatic heterocycles. The van der Waals surface area contributed by atoms with Gasteiger partial charge in [-0.2, -0.15) is 0 Å². The van der Waals surface area contributed by atoms with Gasteiger partial charge in [0.1, 0.15) is 6.10 Å². The van der Waals surface area contributed by atoms with E-state index in [1.165, 1.54) is 12.8 Å². The molecule has 3 fully saturated rings. The molecule has 0 radical (unpaired) electrons. The van der Waals surface area contributed by atoms with Crippen LogP contribution in [0.3, 0.4) is 0 Å². The number of hydrogen-bond acceptors (Lipinski definition) is 5. The Hall–Kier alpha value is -1.46. The molecule has 1 heterocycles. The van der Waals surface area contributed by atoms with Gasteiger partial charge in [0.2, 0.25) is 5.75 Å². The highest BCUT2D eigenvalue weighted by Gasteiger charge is 2.69. The topological polar surface area (TPSA) is 57.2 Å². The molecule has 1 aliphatic heterocycles. The molecule has 2 aliphatic carbocycles. The second-order valence-corrected chi connectivity index (χ2v) is 9.18. The Labute approximate surface area is 162 Å². The Balaban J connectivity index is 1.60. The second-order valence-electron chi connectivity index (χ2n) is 9.18. The summed E-state index contributed by atoms with van der Waals surface area (Å²) in [6.07, 6.45) is 2.74. The van der Waals surface area contributed by atoms with Crippen molar-refractivity contribution in [3.63, 3.8) is 0 Å². The SMILES string of the molecule is COc1cc([C@H](O)[C@H]2C[C@@H]3[C@H]4CC[C@@](C)([C@@H]3O2)C4(C)C)cc(OC)c1OC. The van der Waals surface area contributed by atoms with Gasteiger partial charge in [-0.1, -0.05) is 20.8 Å². The van der Waals surface area contributed by atoms with Gasteiger partial charge >= 0.3 is 0 Å². The summed E-state index contributed by atoms with van der Waals surface area (Å²) in [6, 6.07) is 3.65. The number of hydrogen-bond donors (Lipinski definition) is 1.